The number of aromatic nitrogens is 6. The predicted molar refractivity (Wildman–Crippen MR) is 181 cm³/mol. The molecule has 0 saturated carbocycles. The molecule has 0 aromatic carbocycles. The zero-order valence-electron chi connectivity index (χ0n) is 27.5. The molecule has 5 rings (SSSR count). The number of hydrogen-bond donors (Lipinski definition) is 5. The van der Waals surface area contributed by atoms with Gasteiger partial charge in [-0.2, -0.15) is 4.98 Å². The van der Waals surface area contributed by atoms with Crippen molar-refractivity contribution in [2.45, 2.75) is 81.0 Å². The number of hydrogen-bond acceptors (Lipinski definition) is 19. The van der Waals surface area contributed by atoms with Crippen LogP contribution in [0.2, 0.25) is 0 Å². The Hall–Kier alpha value is -2.89. The molecule has 5 heterocycles. The molecule has 50 heavy (non-hydrogen) atoms. The Bertz CT molecular complexity index is 1760. The van der Waals surface area contributed by atoms with Gasteiger partial charge in [-0.25, -0.2) is 24.3 Å². The van der Waals surface area contributed by atoms with Crippen molar-refractivity contribution < 1.29 is 47.4 Å². The Morgan fingerprint density at radius 3 is 2.64 bits per heavy atom. The standard InChI is InChI=1S/C27H40N9O11PS2/c1-27(2,3)50-49-10-13(28)25(38)46-21-16(45-24(20(21)37)36-12-33-19-22(30)31-11-32-23(19)36)9-43-48(40,41)47-14-7-18(44-15(14)8-42-4)35-6-5-17(29)34-26(35)39/h5-6,11-16,18,20-21,24,37H,7-10,28H2,1-4H3,(H,40,41)(H2,29,34,39)(H2,30,31,32)/t13-,14-,15+,16+,18+,20+,21+,24+/m0/s1. The summed E-state index contributed by atoms with van der Waals surface area (Å²) < 4.78 is 49.3. The van der Waals surface area contributed by atoms with Crippen LogP contribution in [-0.4, -0.2) is 112 Å². The van der Waals surface area contributed by atoms with Crippen LogP contribution in [0.4, 0.5) is 11.6 Å². The lowest BCUT2D eigenvalue weighted by Crippen LogP contribution is -2.43. The maximum atomic E-state index is 13.3. The van der Waals surface area contributed by atoms with E-state index in [1.807, 2.05) is 20.8 Å². The number of nitrogen functional groups attached to an aromatic ring is 2. The van der Waals surface area contributed by atoms with Crippen LogP contribution in [0.5, 0.6) is 0 Å². The molecule has 276 valence electrons. The first kappa shape index (κ1) is 38.3. The van der Waals surface area contributed by atoms with E-state index in [9.17, 15) is 24.2 Å². The molecule has 0 aliphatic carbocycles. The van der Waals surface area contributed by atoms with Gasteiger partial charge in [-0.05, 0) is 6.07 Å². The first-order valence-corrected chi connectivity index (χ1v) is 19.1. The van der Waals surface area contributed by atoms with Crippen LogP contribution in [0.3, 0.4) is 0 Å². The van der Waals surface area contributed by atoms with Crippen molar-refractivity contribution >= 4 is 58.2 Å². The van der Waals surface area contributed by atoms with Crippen molar-refractivity contribution in [1.29, 1.82) is 0 Å². The number of carbonyl (C=O) groups is 1. The Balaban J connectivity index is 1.31. The highest BCUT2D eigenvalue weighted by molar-refractivity contribution is 8.77. The molecule has 3 aromatic heterocycles. The molecule has 9 atom stereocenters. The van der Waals surface area contributed by atoms with E-state index in [4.69, 9.17) is 45.2 Å². The zero-order chi connectivity index (χ0) is 36.4. The van der Waals surface area contributed by atoms with Crippen LogP contribution >= 0.6 is 29.4 Å². The van der Waals surface area contributed by atoms with Crippen molar-refractivity contribution in [3.05, 3.63) is 35.4 Å². The number of phosphoric acid groups is 1. The highest BCUT2D eigenvalue weighted by Gasteiger charge is 2.50. The summed E-state index contributed by atoms with van der Waals surface area (Å²) in [4.78, 5) is 52.2. The van der Waals surface area contributed by atoms with E-state index in [-0.39, 0.29) is 46.3 Å². The number of rotatable bonds is 14. The first-order valence-electron chi connectivity index (χ1n) is 15.2. The average Bonchev–Trinajstić information content (AvgIpc) is 3.72. The number of phosphoric ester groups is 1. The summed E-state index contributed by atoms with van der Waals surface area (Å²) in [6.07, 6.45) is -4.50. The third kappa shape index (κ3) is 9.12. The van der Waals surface area contributed by atoms with Gasteiger partial charge in [0.15, 0.2) is 23.8 Å². The molecule has 2 saturated heterocycles. The van der Waals surface area contributed by atoms with E-state index in [2.05, 4.69) is 19.9 Å². The molecule has 23 heteroatoms. The van der Waals surface area contributed by atoms with Gasteiger partial charge in [0.1, 0.15) is 54.3 Å². The molecule has 2 aliphatic rings. The zero-order valence-corrected chi connectivity index (χ0v) is 30.0. The number of carbonyl (C=O) groups excluding carboxylic acids is 1. The minimum Gasteiger partial charge on any atom is -0.455 e. The van der Waals surface area contributed by atoms with Crippen molar-refractivity contribution in [3.63, 3.8) is 0 Å². The van der Waals surface area contributed by atoms with Crippen molar-refractivity contribution in [2.75, 3.05) is 37.5 Å². The summed E-state index contributed by atoms with van der Waals surface area (Å²) >= 11 is 0. The van der Waals surface area contributed by atoms with Gasteiger partial charge in [0.25, 0.3) is 0 Å². The SMILES string of the molecule is COC[C@H]1O[C@@H](n2ccc(N)nc2=O)C[C@@H]1OP(=O)(O)OC[C@H]1O[C@@H](n2cnc3c(N)ncnc32)[C@H](O)[C@@H]1OC(=O)[C@@H](N)CSSC(C)(C)C. The molecule has 0 amide bonds. The quantitative estimate of drug-likeness (QED) is 0.0842. The lowest BCUT2D eigenvalue weighted by molar-refractivity contribution is -0.157. The largest absolute Gasteiger partial charge is 0.472 e. The molecule has 0 bridgehead atoms. The number of ether oxygens (including phenoxy) is 4. The number of fused-ring (bicyclic) bond motifs is 1. The Labute approximate surface area is 293 Å². The average molecular weight is 762 g/mol. The van der Waals surface area contributed by atoms with Crippen LogP contribution in [0.25, 0.3) is 11.2 Å². The van der Waals surface area contributed by atoms with Gasteiger partial charge >= 0.3 is 19.5 Å². The maximum absolute atomic E-state index is 13.3. The van der Waals surface area contributed by atoms with Crippen LogP contribution < -0.4 is 22.9 Å². The highest BCUT2D eigenvalue weighted by atomic mass is 33.1. The van der Waals surface area contributed by atoms with Gasteiger partial charge < -0.3 is 46.1 Å². The third-order valence-electron chi connectivity index (χ3n) is 7.43. The van der Waals surface area contributed by atoms with E-state index in [0.717, 1.165) is 0 Å². The molecule has 0 radical (unpaired) electrons. The smallest absolute Gasteiger partial charge is 0.455 e. The first-order chi connectivity index (χ1) is 23.6. The summed E-state index contributed by atoms with van der Waals surface area (Å²) in [5.41, 5.74) is 17.4. The summed E-state index contributed by atoms with van der Waals surface area (Å²) in [6, 6.07) is 0.343. The van der Waals surface area contributed by atoms with Crippen LogP contribution in [0.1, 0.15) is 39.6 Å². The van der Waals surface area contributed by atoms with Gasteiger partial charge in [0.05, 0.1) is 19.5 Å². The lowest BCUT2D eigenvalue weighted by atomic mass is 10.1. The van der Waals surface area contributed by atoms with Crippen LogP contribution in [0, 0.1) is 0 Å². The number of aliphatic hydroxyl groups excluding tert-OH is 1. The van der Waals surface area contributed by atoms with E-state index in [1.165, 1.54) is 62.7 Å². The van der Waals surface area contributed by atoms with Crippen molar-refractivity contribution in [2.24, 2.45) is 5.73 Å². The van der Waals surface area contributed by atoms with Crippen molar-refractivity contribution in [1.82, 2.24) is 29.1 Å². The number of imidazole rings is 1. The molecule has 8 N–H and O–H groups in total. The molecule has 2 aliphatic heterocycles. The molecule has 20 nitrogen and oxygen atoms in total. The second-order valence-electron chi connectivity index (χ2n) is 12.4. The third-order valence-corrected chi connectivity index (χ3v) is 11.8. The second kappa shape index (κ2) is 15.8. The van der Waals surface area contributed by atoms with Gasteiger partial charge in [-0.15, -0.1) is 0 Å². The van der Waals surface area contributed by atoms with Crippen molar-refractivity contribution in [3.8, 4) is 0 Å². The lowest BCUT2D eigenvalue weighted by Gasteiger charge is -2.24. The summed E-state index contributed by atoms with van der Waals surface area (Å²) in [5, 5.41) is 11.4. The summed E-state index contributed by atoms with van der Waals surface area (Å²) in [7, 11) is -0.567. The van der Waals surface area contributed by atoms with E-state index in [1.54, 1.807) is 0 Å². The summed E-state index contributed by atoms with van der Waals surface area (Å²) in [5.74, 6) is -0.521. The maximum Gasteiger partial charge on any atom is 0.472 e. The second-order valence-corrected chi connectivity index (χ2v) is 17.0. The number of anilines is 2. The normalized spacial score (nSPS) is 27.4. The van der Waals surface area contributed by atoms with Gasteiger partial charge in [-0.1, -0.05) is 42.4 Å². The monoisotopic (exact) mass is 761 g/mol. The Kier molecular flexibility index (Phi) is 12.1. The molecule has 1 unspecified atom stereocenters. The van der Waals surface area contributed by atoms with E-state index in [0.29, 0.717) is 0 Å². The molecular formula is C27H40N9O11PS2. The molecule has 0 spiro atoms. The Morgan fingerprint density at radius 1 is 1.18 bits per heavy atom. The number of aliphatic hydroxyl groups is 1. The fourth-order valence-electron chi connectivity index (χ4n) is 5.17. The van der Waals surface area contributed by atoms with Crippen LogP contribution in [-0.2, 0) is 37.4 Å². The van der Waals surface area contributed by atoms with Gasteiger partial charge in [0, 0.05) is 30.2 Å². The minimum absolute atomic E-state index is 0.0169. The number of esters is 1. The minimum atomic E-state index is -4.90. The highest BCUT2D eigenvalue weighted by Crippen LogP contribution is 2.49. The van der Waals surface area contributed by atoms with E-state index < -0.39 is 75.1 Å². The summed E-state index contributed by atoms with van der Waals surface area (Å²) in [6.45, 7) is 5.32. The van der Waals surface area contributed by atoms with Gasteiger partial charge in [-0.3, -0.25) is 23.0 Å². The van der Waals surface area contributed by atoms with Gasteiger partial charge in [0.2, 0.25) is 0 Å². The molecule has 3 aromatic rings. The number of nitrogens with zero attached hydrogens (tertiary/aromatic N) is 6. The predicted octanol–water partition coefficient (Wildman–Crippen LogP) is 0.361. The number of methoxy groups -OCH3 is 1. The molecular weight excluding hydrogens is 721 g/mol. The molecule has 2 fully saturated rings. The Morgan fingerprint density at radius 2 is 1.94 bits per heavy atom. The van der Waals surface area contributed by atoms with Crippen LogP contribution in [0.15, 0.2) is 29.7 Å². The fourth-order valence-corrected chi connectivity index (χ4v) is 8.54. The van der Waals surface area contributed by atoms with E-state index >= 15 is 0 Å². The fraction of sp³-hybridized carbons (Fsp3) is 0.630. The topological polar surface area (TPSA) is 287 Å². The number of nitrogens with two attached hydrogens (primary N) is 3.